The molecule has 0 radical (unpaired) electrons. The number of benzene rings is 3. The van der Waals surface area contributed by atoms with Gasteiger partial charge in [0.2, 0.25) is 5.91 Å². The molecular formula is C18H16N4O4S. The van der Waals surface area contributed by atoms with E-state index in [2.05, 4.69) is 15.5 Å². The molecule has 3 aromatic rings. The summed E-state index contributed by atoms with van der Waals surface area (Å²) in [6.45, 7) is 1.37. The van der Waals surface area contributed by atoms with Gasteiger partial charge in [0.25, 0.3) is 10.1 Å². The zero-order valence-electron chi connectivity index (χ0n) is 14.2. The van der Waals surface area contributed by atoms with Crippen LogP contribution in [0.25, 0.3) is 10.8 Å². The van der Waals surface area contributed by atoms with Gasteiger partial charge in [0.15, 0.2) is 0 Å². The van der Waals surface area contributed by atoms with Gasteiger partial charge < -0.3 is 11.1 Å². The van der Waals surface area contributed by atoms with Gasteiger partial charge in [-0.3, -0.25) is 9.35 Å². The molecule has 0 unspecified atom stereocenters. The topological polar surface area (TPSA) is 134 Å². The van der Waals surface area contributed by atoms with Crippen molar-refractivity contribution in [2.24, 2.45) is 10.2 Å². The molecule has 3 aromatic carbocycles. The van der Waals surface area contributed by atoms with Crippen LogP contribution in [0, 0.1) is 0 Å². The maximum absolute atomic E-state index is 11.6. The second-order valence-corrected chi connectivity index (χ2v) is 7.18. The van der Waals surface area contributed by atoms with E-state index in [9.17, 15) is 17.8 Å². The highest BCUT2D eigenvalue weighted by Crippen LogP contribution is 2.31. The van der Waals surface area contributed by atoms with Crippen molar-refractivity contribution in [1.82, 2.24) is 0 Å². The summed E-state index contributed by atoms with van der Waals surface area (Å²) in [7, 11) is -4.37. The largest absolute Gasteiger partial charge is 0.399 e. The van der Waals surface area contributed by atoms with Crippen molar-refractivity contribution in [3.63, 3.8) is 0 Å². The Morgan fingerprint density at radius 3 is 2.56 bits per heavy atom. The number of nitrogens with one attached hydrogen (secondary N) is 1. The monoisotopic (exact) mass is 384 g/mol. The van der Waals surface area contributed by atoms with Gasteiger partial charge in [-0.25, -0.2) is 0 Å². The summed E-state index contributed by atoms with van der Waals surface area (Å²) in [6.07, 6.45) is 0. The summed E-state index contributed by atoms with van der Waals surface area (Å²) in [4.78, 5) is 11.1. The molecule has 3 rings (SSSR count). The van der Waals surface area contributed by atoms with Gasteiger partial charge in [-0.1, -0.05) is 18.2 Å². The van der Waals surface area contributed by atoms with Crippen LogP contribution in [0.2, 0.25) is 0 Å². The summed E-state index contributed by atoms with van der Waals surface area (Å²) in [6, 6.07) is 14.2. The molecule has 0 saturated carbocycles. The van der Waals surface area contributed by atoms with Gasteiger partial charge in [-0.2, -0.15) is 13.5 Å². The van der Waals surface area contributed by atoms with Crippen LogP contribution in [0.15, 0.2) is 69.7 Å². The fraction of sp³-hybridized carbons (Fsp3) is 0.0556. The summed E-state index contributed by atoms with van der Waals surface area (Å²) >= 11 is 0. The highest BCUT2D eigenvalue weighted by atomic mass is 32.2. The third-order valence-electron chi connectivity index (χ3n) is 3.71. The van der Waals surface area contributed by atoms with Gasteiger partial charge in [0.05, 0.1) is 11.4 Å². The molecule has 0 aliphatic rings. The summed E-state index contributed by atoms with van der Waals surface area (Å²) in [5.74, 6) is -0.277. The second kappa shape index (κ2) is 7.14. The van der Waals surface area contributed by atoms with E-state index in [1.54, 1.807) is 42.5 Å². The van der Waals surface area contributed by atoms with E-state index in [-0.39, 0.29) is 10.8 Å². The SMILES string of the molecule is CC(=O)Nc1cc(N)ccc1N=Nc1ccc2cccc(S(=O)(=O)O)c2c1. The van der Waals surface area contributed by atoms with Gasteiger partial charge in [0, 0.05) is 18.0 Å². The van der Waals surface area contributed by atoms with Crippen LogP contribution in [0.3, 0.4) is 0 Å². The number of hydrogen-bond acceptors (Lipinski definition) is 6. The number of rotatable bonds is 4. The molecule has 9 heteroatoms. The van der Waals surface area contributed by atoms with Crippen molar-refractivity contribution in [1.29, 1.82) is 0 Å². The first-order chi connectivity index (χ1) is 12.7. The molecule has 0 fully saturated rings. The number of nitrogen functional groups attached to an aromatic ring is 1. The van der Waals surface area contributed by atoms with Crippen LogP contribution >= 0.6 is 0 Å². The number of anilines is 2. The number of amides is 1. The molecule has 0 atom stereocenters. The van der Waals surface area contributed by atoms with E-state index in [1.807, 2.05) is 0 Å². The van der Waals surface area contributed by atoms with Crippen LogP contribution in [0.5, 0.6) is 0 Å². The number of hydrogen-bond donors (Lipinski definition) is 3. The van der Waals surface area contributed by atoms with Gasteiger partial charge >= 0.3 is 0 Å². The molecule has 0 aliphatic carbocycles. The Bertz CT molecular complexity index is 1170. The van der Waals surface area contributed by atoms with Crippen molar-refractivity contribution >= 4 is 49.5 Å². The van der Waals surface area contributed by atoms with E-state index in [1.165, 1.54) is 19.1 Å². The van der Waals surface area contributed by atoms with Gasteiger partial charge in [-0.15, -0.1) is 5.11 Å². The summed E-state index contributed by atoms with van der Waals surface area (Å²) in [5.41, 5.74) is 7.36. The highest BCUT2D eigenvalue weighted by molar-refractivity contribution is 7.86. The Hall–Kier alpha value is -3.30. The van der Waals surface area contributed by atoms with Crippen LogP contribution in [-0.2, 0) is 14.9 Å². The second-order valence-electron chi connectivity index (χ2n) is 5.79. The van der Waals surface area contributed by atoms with Crippen molar-refractivity contribution in [3.8, 4) is 0 Å². The molecule has 0 heterocycles. The van der Waals surface area contributed by atoms with Crippen molar-refractivity contribution in [3.05, 3.63) is 54.6 Å². The molecule has 0 aromatic heterocycles. The minimum absolute atomic E-state index is 0.205. The molecule has 0 spiro atoms. The number of nitrogens with two attached hydrogens (primary N) is 1. The molecule has 0 aliphatic heterocycles. The highest BCUT2D eigenvalue weighted by Gasteiger charge is 2.14. The van der Waals surface area contributed by atoms with Crippen molar-refractivity contribution in [2.75, 3.05) is 11.1 Å². The van der Waals surface area contributed by atoms with Crippen LogP contribution in [0.1, 0.15) is 6.92 Å². The lowest BCUT2D eigenvalue weighted by Crippen LogP contribution is -2.06. The predicted molar refractivity (Wildman–Crippen MR) is 103 cm³/mol. The Morgan fingerprint density at radius 1 is 1.07 bits per heavy atom. The van der Waals surface area contributed by atoms with E-state index >= 15 is 0 Å². The van der Waals surface area contributed by atoms with Crippen LogP contribution in [0.4, 0.5) is 22.7 Å². The summed E-state index contributed by atoms with van der Waals surface area (Å²) in [5, 5.41) is 11.8. The first kappa shape index (κ1) is 18.5. The minimum Gasteiger partial charge on any atom is -0.399 e. The van der Waals surface area contributed by atoms with Crippen LogP contribution < -0.4 is 11.1 Å². The first-order valence-corrected chi connectivity index (χ1v) is 9.27. The maximum Gasteiger partial charge on any atom is 0.295 e. The lowest BCUT2D eigenvalue weighted by Gasteiger charge is -2.07. The van der Waals surface area contributed by atoms with Crippen molar-refractivity contribution < 1.29 is 17.8 Å². The molecule has 0 saturated heterocycles. The minimum atomic E-state index is -4.37. The average Bonchev–Trinajstić information content (AvgIpc) is 2.59. The molecule has 8 nitrogen and oxygen atoms in total. The normalized spacial score (nSPS) is 11.8. The van der Waals surface area contributed by atoms with E-state index in [0.29, 0.717) is 33.5 Å². The Labute approximate surface area is 155 Å². The maximum atomic E-state index is 11.6. The number of azo groups is 1. The first-order valence-electron chi connectivity index (χ1n) is 7.83. The number of fused-ring (bicyclic) bond motifs is 1. The smallest absolute Gasteiger partial charge is 0.295 e. The number of carbonyl (C=O) groups is 1. The van der Waals surface area contributed by atoms with E-state index < -0.39 is 10.1 Å². The van der Waals surface area contributed by atoms with Gasteiger partial charge in [0.1, 0.15) is 10.6 Å². The fourth-order valence-corrected chi connectivity index (χ4v) is 3.27. The lowest BCUT2D eigenvalue weighted by molar-refractivity contribution is -0.114. The van der Waals surface area contributed by atoms with E-state index in [0.717, 1.165) is 0 Å². The standard InChI is InChI=1S/C18H16N4O4S/c1-11(23)20-17-9-13(19)6-8-16(17)22-21-14-7-5-12-3-2-4-18(15(12)10-14)27(24,25)26/h2-10H,19H2,1H3,(H,20,23)(H,24,25,26). The van der Waals surface area contributed by atoms with E-state index in [4.69, 9.17) is 5.73 Å². The van der Waals surface area contributed by atoms with Gasteiger partial charge in [-0.05, 0) is 41.8 Å². The molecule has 138 valence electrons. The van der Waals surface area contributed by atoms with Crippen molar-refractivity contribution in [2.45, 2.75) is 11.8 Å². The number of carbonyl (C=O) groups excluding carboxylic acids is 1. The fourth-order valence-electron chi connectivity index (χ4n) is 2.56. The zero-order valence-corrected chi connectivity index (χ0v) is 15.1. The molecule has 27 heavy (non-hydrogen) atoms. The predicted octanol–water partition coefficient (Wildman–Crippen LogP) is 4.04. The zero-order chi connectivity index (χ0) is 19.6. The molecular weight excluding hydrogens is 368 g/mol. The van der Waals surface area contributed by atoms with Crippen LogP contribution in [-0.4, -0.2) is 18.9 Å². The Morgan fingerprint density at radius 2 is 1.85 bits per heavy atom. The third-order valence-corrected chi connectivity index (χ3v) is 4.62. The molecule has 1 amide bonds. The Kier molecular flexibility index (Phi) is 4.89. The number of nitrogens with zero attached hydrogens (tertiary/aromatic N) is 2. The Balaban J connectivity index is 2.04. The quantitative estimate of drug-likeness (QED) is 0.354. The molecule has 0 bridgehead atoms. The third kappa shape index (κ3) is 4.27. The lowest BCUT2D eigenvalue weighted by atomic mass is 10.1. The molecule has 4 N–H and O–H groups in total. The summed E-state index contributed by atoms with van der Waals surface area (Å²) < 4.78 is 32.5. The average molecular weight is 384 g/mol.